The summed E-state index contributed by atoms with van der Waals surface area (Å²) in [5.74, 6) is -0.0655. The lowest BCUT2D eigenvalue weighted by Crippen LogP contribution is -2.06. The van der Waals surface area contributed by atoms with Gasteiger partial charge in [0.1, 0.15) is 5.75 Å². The number of ether oxygens (including phenoxy) is 1. The van der Waals surface area contributed by atoms with E-state index in [1.807, 2.05) is 0 Å². The van der Waals surface area contributed by atoms with Crippen molar-refractivity contribution in [2.24, 2.45) is 0 Å². The molecule has 6 heteroatoms. The number of esters is 1. The molecular formula is C10H12O5S. The molecule has 0 fully saturated rings. The van der Waals surface area contributed by atoms with E-state index in [-0.39, 0.29) is 17.3 Å². The van der Waals surface area contributed by atoms with E-state index in [9.17, 15) is 13.2 Å². The van der Waals surface area contributed by atoms with Gasteiger partial charge in [0.05, 0.1) is 12.0 Å². The van der Waals surface area contributed by atoms with Gasteiger partial charge >= 0.3 is 5.97 Å². The van der Waals surface area contributed by atoms with E-state index >= 15 is 0 Å². The summed E-state index contributed by atoms with van der Waals surface area (Å²) in [5.41, 5.74) is 0. The van der Waals surface area contributed by atoms with Crippen molar-refractivity contribution in [3.63, 3.8) is 0 Å². The molecule has 0 bridgehead atoms. The second kappa shape index (κ2) is 5.09. The predicted molar refractivity (Wildman–Crippen MR) is 56.6 cm³/mol. The fourth-order valence-corrected chi connectivity index (χ4v) is 1.64. The molecule has 0 aliphatic rings. The molecule has 0 radical (unpaired) electrons. The third-order valence-electron chi connectivity index (χ3n) is 1.85. The van der Waals surface area contributed by atoms with E-state index in [1.54, 1.807) is 6.92 Å². The van der Waals surface area contributed by atoms with Crippen molar-refractivity contribution >= 4 is 16.1 Å². The van der Waals surface area contributed by atoms with E-state index < -0.39 is 10.1 Å². The Morgan fingerprint density at radius 2 is 1.81 bits per heavy atom. The quantitative estimate of drug-likeness (QED) is 0.454. The highest BCUT2D eigenvalue weighted by Crippen LogP contribution is 2.17. The molecule has 0 heterocycles. The van der Waals surface area contributed by atoms with Crippen molar-refractivity contribution in [3.05, 3.63) is 24.3 Å². The van der Waals surface area contributed by atoms with Gasteiger partial charge in [-0.25, -0.2) is 0 Å². The minimum atomic E-state index is -3.69. The number of rotatable bonds is 4. The van der Waals surface area contributed by atoms with Gasteiger partial charge in [0.25, 0.3) is 10.1 Å². The zero-order valence-electron chi connectivity index (χ0n) is 8.97. The summed E-state index contributed by atoms with van der Waals surface area (Å²) in [6.45, 7) is 1.67. The first kappa shape index (κ1) is 12.7. The third-order valence-corrected chi connectivity index (χ3v) is 3.14. The molecule has 16 heavy (non-hydrogen) atoms. The molecule has 0 N–H and O–H groups in total. The first-order valence-corrected chi connectivity index (χ1v) is 6.02. The minimum Gasteiger partial charge on any atom is -0.427 e. The lowest BCUT2D eigenvalue weighted by Gasteiger charge is -2.04. The molecule has 0 unspecified atom stereocenters. The number of carbonyl (C=O) groups is 1. The minimum absolute atomic E-state index is 0.0197. The second-order valence-corrected chi connectivity index (χ2v) is 4.63. The van der Waals surface area contributed by atoms with Crippen LogP contribution in [0.15, 0.2) is 29.2 Å². The largest absolute Gasteiger partial charge is 0.427 e. The average molecular weight is 244 g/mol. The van der Waals surface area contributed by atoms with Crippen LogP contribution in [0.25, 0.3) is 0 Å². The molecule has 5 nitrogen and oxygen atoms in total. The summed E-state index contributed by atoms with van der Waals surface area (Å²) in [6, 6.07) is 5.44. The van der Waals surface area contributed by atoms with Crippen molar-refractivity contribution in [2.75, 3.05) is 7.11 Å². The van der Waals surface area contributed by atoms with E-state index in [2.05, 4.69) is 4.18 Å². The van der Waals surface area contributed by atoms with Gasteiger partial charge in [-0.15, -0.1) is 0 Å². The smallest absolute Gasteiger partial charge is 0.310 e. The van der Waals surface area contributed by atoms with Crippen LogP contribution in [0.2, 0.25) is 0 Å². The molecule has 0 aromatic heterocycles. The van der Waals surface area contributed by atoms with E-state index in [0.717, 1.165) is 7.11 Å². The van der Waals surface area contributed by atoms with Crippen LogP contribution in [0, 0.1) is 0 Å². The van der Waals surface area contributed by atoms with Gasteiger partial charge in [-0.05, 0) is 24.3 Å². The van der Waals surface area contributed by atoms with Crippen LogP contribution in [0.1, 0.15) is 13.3 Å². The molecular weight excluding hydrogens is 232 g/mol. The van der Waals surface area contributed by atoms with Gasteiger partial charge in [0.15, 0.2) is 0 Å². The Kier molecular flexibility index (Phi) is 4.03. The Hall–Kier alpha value is -1.40. The second-order valence-electron chi connectivity index (χ2n) is 2.92. The third kappa shape index (κ3) is 3.04. The Balaban J connectivity index is 2.88. The summed E-state index contributed by atoms with van der Waals surface area (Å²) < 4.78 is 31.7. The summed E-state index contributed by atoms with van der Waals surface area (Å²) in [4.78, 5) is 11.0. The van der Waals surface area contributed by atoms with Crippen molar-refractivity contribution < 1.29 is 22.1 Å². The zero-order chi connectivity index (χ0) is 12.2. The molecule has 0 spiro atoms. The van der Waals surface area contributed by atoms with E-state index in [4.69, 9.17) is 4.74 Å². The fourth-order valence-electron chi connectivity index (χ4n) is 0.974. The van der Waals surface area contributed by atoms with Crippen LogP contribution in [0.3, 0.4) is 0 Å². The summed E-state index contributed by atoms with van der Waals surface area (Å²) in [6.07, 6.45) is 0.262. The topological polar surface area (TPSA) is 69.7 Å². The number of carbonyl (C=O) groups excluding carboxylic acids is 1. The van der Waals surface area contributed by atoms with Crippen molar-refractivity contribution in [2.45, 2.75) is 18.2 Å². The number of benzene rings is 1. The van der Waals surface area contributed by atoms with Crippen LogP contribution >= 0.6 is 0 Å². The van der Waals surface area contributed by atoms with Crippen LogP contribution in [-0.2, 0) is 19.1 Å². The Morgan fingerprint density at radius 3 is 2.25 bits per heavy atom. The van der Waals surface area contributed by atoms with Gasteiger partial charge in [-0.3, -0.25) is 8.98 Å². The molecule has 0 saturated carbocycles. The molecule has 1 aromatic carbocycles. The molecule has 0 aliphatic carbocycles. The van der Waals surface area contributed by atoms with Crippen molar-refractivity contribution in [1.82, 2.24) is 0 Å². The molecule has 1 rings (SSSR count). The lowest BCUT2D eigenvalue weighted by atomic mass is 10.3. The maximum Gasteiger partial charge on any atom is 0.310 e. The van der Waals surface area contributed by atoms with Crippen LogP contribution in [0.5, 0.6) is 5.75 Å². The zero-order valence-corrected chi connectivity index (χ0v) is 9.78. The maximum atomic E-state index is 11.3. The van der Waals surface area contributed by atoms with Gasteiger partial charge < -0.3 is 4.74 Å². The van der Waals surface area contributed by atoms with Gasteiger partial charge in [0, 0.05) is 6.42 Å². The number of hydrogen-bond acceptors (Lipinski definition) is 5. The van der Waals surface area contributed by atoms with Gasteiger partial charge in [-0.2, -0.15) is 8.42 Å². The van der Waals surface area contributed by atoms with Crippen molar-refractivity contribution in [1.29, 1.82) is 0 Å². The van der Waals surface area contributed by atoms with Crippen molar-refractivity contribution in [3.8, 4) is 5.75 Å². The summed E-state index contributed by atoms with van der Waals surface area (Å²) in [7, 11) is -2.61. The first-order chi connectivity index (χ1) is 7.49. The van der Waals surface area contributed by atoms with Crippen LogP contribution < -0.4 is 4.74 Å². The highest BCUT2D eigenvalue weighted by Gasteiger charge is 2.12. The van der Waals surface area contributed by atoms with E-state index in [1.165, 1.54) is 24.3 Å². The standard InChI is InChI=1S/C10H12O5S/c1-3-10(11)15-8-4-6-9(7-5-8)16(12,13)14-2/h4-7H,3H2,1-2H3. The Labute approximate surface area is 94.1 Å². The molecule has 1 aromatic rings. The van der Waals surface area contributed by atoms with Gasteiger partial charge in [0.2, 0.25) is 0 Å². The lowest BCUT2D eigenvalue weighted by molar-refractivity contribution is -0.134. The van der Waals surface area contributed by atoms with Crippen LogP contribution in [-0.4, -0.2) is 21.5 Å². The molecule has 0 amide bonds. The summed E-state index contributed by atoms with van der Waals surface area (Å²) >= 11 is 0. The Bertz CT molecular complexity index is 460. The fraction of sp³-hybridized carbons (Fsp3) is 0.300. The van der Waals surface area contributed by atoms with Gasteiger partial charge in [-0.1, -0.05) is 6.92 Å². The molecule has 0 aliphatic heterocycles. The highest BCUT2D eigenvalue weighted by atomic mass is 32.2. The maximum absolute atomic E-state index is 11.3. The SMILES string of the molecule is CCC(=O)Oc1ccc(S(=O)(=O)OC)cc1. The molecule has 0 atom stereocenters. The number of hydrogen-bond donors (Lipinski definition) is 0. The highest BCUT2D eigenvalue weighted by molar-refractivity contribution is 7.86. The molecule has 0 saturated heterocycles. The Morgan fingerprint density at radius 1 is 1.25 bits per heavy atom. The predicted octanol–water partition coefficient (Wildman–Crippen LogP) is 1.34. The first-order valence-electron chi connectivity index (χ1n) is 4.61. The van der Waals surface area contributed by atoms with E-state index in [0.29, 0.717) is 5.75 Å². The van der Waals surface area contributed by atoms with Crippen LogP contribution in [0.4, 0.5) is 0 Å². The normalized spacial score (nSPS) is 11.1. The average Bonchev–Trinajstić information content (AvgIpc) is 2.29. The monoisotopic (exact) mass is 244 g/mol. The summed E-state index contributed by atoms with van der Waals surface area (Å²) in [5, 5.41) is 0. The molecule has 88 valence electrons.